The first-order chi connectivity index (χ1) is 11.6. The van der Waals surface area contributed by atoms with Crippen molar-refractivity contribution in [1.82, 2.24) is 10.6 Å². The van der Waals surface area contributed by atoms with Crippen molar-refractivity contribution in [2.45, 2.75) is 43.8 Å². The molecule has 0 aliphatic rings. The molecular weight excluding hydrogens is 338 g/mol. The number of carboxylic acid groups (broad SMARTS) is 1. The maximum absolute atomic E-state index is 12.2. The third kappa shape index (κ3) is 9.22. The highest BCUT2D eigenvalue weighted by Gasteiger charge is 2.28. The zero-order valence-corrected chi connectivity index (χ0v) is 13.4. The van der Waals surface area contributed by atoms with E-state index in [1.807, 2.05) is 0 Å². The number of carboxylic acids is 1. The Kier molecular flexibility index (Phi) is 9.74. The highest BCUT2D eigenvalue weighted by Crippen LogP contribution is 2.03. The lowest BCUT2D eigenvalue weighted by atomic mass is 10.1. The molecule has 0 aromatic heterocycles. The Labute approximate surface area is 143 Å². The molecule has 0 aliphatic heterocycles. The fraction of sp³-hybridized carbons (Fsp3) is 0.615. The predicted octanol–water partition coefficient (Wildman–Crippen LogP) is -4.11. The van der Waals surface area contributed by atoms with Crippen LogP contribution in [0.4, 0.5) is 0 Å². The van der Waals surface area contributed by atoms with Gasteiger partial charge in [0.15, 0.2) is 0 Å². The van der Waals surface area contributed by atoms with Crippen LogP contribution >= 0.6 is 0 Å². The number of rotatable bonds is 12. The average Bonchev–Trinajstić information content (AvgIpc) is 2.53. The molecule has 0 fully saturated rings. The number of aliphatic hydroxyl groups is 1. The van der Waals surface area contributed by atoms with Gasteiger partial charge in [0.05, 0.1) is 6.61 Å². The highest BCUT2D eigenvalue weighted by molar-refractivity contribution is 5.92. The number of primary amides is 2. The van der Waals surface area contributed by atoms with E-state index < -0.39 is 54.3 Å². The van der Waals surface area contributed by atoms with Crippen molar-refractivity contribution >= 4 is 29.6 Å². The summed E-state index contributed by atoms with van der Waals surface area (Å²) in [5, 5.41) is 22.2. The second-order valence-electron chi connectivity index (χ2n) is 5.26. The molecular formula is C13H23N5O7. The third-order valence-corrected chi connectivity index (χ3v) is 3.14. The number of aliphatic hydroxyl groups excluding tert-OH is 1. The number of hydrogen-bond acceptors (Lipinski definition) is 7. The number of nitrogens with two attached hydrogens (primary N) is 3. The molecule has 0 aliphatic carbocycles. The minimum atomic E-state index is -1.42. The minimum absolute atomic E-state index is 0.201. The van der Waals surface area contributed by atoms with Crippen LogP contribution in [-0.4, -0.2) is 64.5 Å². The third-order valence-electron chi connectivity index (χ3n) is 3.14. The van der Waals surface area contributed by atoms with Crippen molar-refractivity contribution in [3.8, 4) is 0 Å². The Balaban J connectivity index is 5.02. The van der Waals surface area contributed by atoms with E-state index in [0.717, 1.165) is 0 Å². The van der Waals surface area contributed by atoms with Gasteiger partial charge in [0, 0.05) is 12.8 Å². The van der Waals surface area contributed by atoms with Crippen LogP contribution in [0.1, 0.15) is 25.7 Å². The Morgan fingerprint density at radius 3 is 1.68 bits per heavy atom. The first kappa shape index (κ1) is 22.3. The van der Waals surface area contributed by atoms with Crippen LogP contribution in [0, 0.1) is 0 Å². The van der Waals surface area contributed by atoms with Crippen LogP contribution in [0.15, 0.2) is 0 Å². The van der Waals surface area contributed by atoms with Gasteiger partial charge in [-0.2, -0.15) is 0 Å². The summed E-state index contributed by atoms with van der Waals surface area (Å²) in [6.07, 6.45) is -0.979. The molecule has 12 heteroatoms. The van der Waals surface area contributed by atoms with Gasteiger partial charge in [0.1, 0.15) is 18.1 Å². The summed E-state index contributed by atoms with van der Waals surface area (Å²) < 4.78 is 0. The van der Waals surface area contributed by atoms with Gasteiger partial charge in [-0.1, -0.05) is 0 Å². The molecule has 4 amide bonds. The summed E-state index contributed by atoms with van der Waals surface area (Å²) in [6, 6.07) is -4.01. The van der Waals surface area contributed by atoms with Gasteiger partial charge >= 0.3 is 5.97 Å². The largest absolute Gasteiger partial charge is 0.480 e. The number of carbonyl (C=O) groups excluding carboxylic acids is 4. The second kappa shape index (κ2) is 10.9. The molecule has 0 rings (SSSR count). The number of aliphatic carboxylic acids is 1. The van der Waals surface area contributed by atoms with Crippen LogP contribution in [0.3, 0.4) is 0 Å². The Morgan fingerprint density at radius 1 is 0.840 bits per heavy atom. The monoisotopic (exact) mass is 361 g/mol. The average molecular weight is 361 g/mol. The molecule has 0 radical (unpaired) electrons. The lowest BCUT2D eigenvalue weighted by molar-refractivity contribution is -0.142. The molecule has 12 nitrogen and oxygen atoms in total. The molecule has 3 atom stereocenters. The van der Waals surface area contributed by atoms with Gasteiger partial charge in [-0.25, -0.2) is 4.79 Å². The molecule has 3 unspecified atom stereocenters. The van der Waals surface area contributed by atoms with Crippen LogP contribution in [0.5, 0.6) is 0 Å². The van der Waals surface area contributed by atoms with Crippen molar-refractivity contribution in [1.29, 1.82) is 0 Å². The normalized spacial score (nSPS) is 14.0. The lowest BCUT2D eigenvalue weighted by Gasteiger charge is -2.22. The number of nitrogens with one attached hydrogen (secondary N) is 2. The summed E-state index contributed by atoms with van der Waals surface area (Å²) in [6.45, 7) is -0.674. The molecule has 0 saturated heterocycles. The van der Waals surface area contributed by atoms with Crippen molar-refractivity contribution in [3.05, 3.63) is 0 Å². The van der Waals surface area contributed by atoms with Crippen molar-refractivity contribution in [3.63, 3.8) is 0 Å². The molecule has 0 saturated carbocycles. The van der Waals surface area contributed by atoms with Gasteiger partial charge in [0.2, 0.25) is 23.6 Å². The molecule has 0 bridgehead atoms. The van der Waals surface area contributed by atoms with Crippen LogP contribution < -0.4 is 27.8 Å². The zero-order valence-electron chi connectivity index (χ0n) is 13.4. The van der Waals surface area contributed by atoms with E-state index in [0.29, 0.717) is 0 Å². The summed E-state index contributed by atoms with van der Waals surface area (Å²) in [7, 11) is 0. The number of hydrogen-bond donors (Lipinski definition) is 7. The Bertz CT molecular complexity index is 525. The fourth-order valence-electron chi connectivity index (χ4n) is 1.73. The molecule has 25 heavy (non-hydrogen) atoms. The molecule has 0 spiro atoms. The minimum Gasteiger partial charge on any atom is -0.480 e. The SMILES string of the molecule is NC(=O)CCC(NC(=O)C(CCC(N)=O)NC(=O)C(N)CO)C(=O)O. The Hall–Kier alpha value is -2.73. The summed E-state index contributed by atoms with van der Waals surface area (Å²) in [5.74, 6) is -4.65. The van der Waals surface area contributed by atoms with Crippen molar-refractivity contribution in [2.24, 2.45) is 17.2 Å². The van der Waals surface area contributed by atoms with Crippen LogP contribution in [-0.2, 0) is 24.0 Å². The quantitative estimate of drug-likeness (QED) is 0.180. The molecule has 0 aromatic rings. The van der Waals surface area contributed by atoms with Gasteiger partial charge in [-0.3, -0.25) is 19.2 Å². The second-order valence-corrected chi connectivity index (χ2v) is 5.26. The summed E-state index contributed by atoms with van der Waals surface area (Å²) >= 11 is 0. The van der Waals surface area contributed by atoms with Gasteiger partial charge in [0.25, 0.3) is 0 Å². The van der Waals surface area contributed by atoms with Crippen LogP contribution in [0.25, 0.3) is 0 Å². The summed E-state index contributed by atoms with van der Waals surface area (Å²) in [5.41, 5.74) is 15.3. The lowest BCUT2D eigenvalue weighted by Crippen LogP contribution is -2.55. The standard InChI is InChI=1S/C13H23N5O7/c14-6(5-19)11(22)17-7(1-3-9(15)20)12(23)18-8(13(24)25)2-4-10(16)21/h6-8,19H,1-5,14H2,(H2,15,20)(H2,16,21)(H,17,22)(H,18,23)(H,24,25). The van der Waals surface area contributed by atoms with E-state index in [1.54, 1.807) is 0 Å². The van der Waals surface area contributed by atoms with Gasteiger partial charge < -0.3 is 38.0 Å². The molecule has 142 valence electrons. The van der Waals surface area contributed by atoms with Crippen LogP contribution in [0.2, 0.25) is 0 Å². The smallest absolute Gasteiger partial charge is 0.326 e. The zero-order chi connectivity index (χ0) is 19.6. The van der Waals surface area contributed by atoms with Crippen molar-refractivity contribution in [2.75, 3.05) is 6.61 Å². The van der Waals surface area contributed by atoms with E-state index in [1.165, 1.54) is 0 Å². The van der Waals surface area contributed by atoms with Gasteiger partial charge in [-0.15, -0.1) is 0 Å². The van der Waals surface area contributed by atoms with E-state index >= 15 is 0 Å². The number of amides is 4. The van der Waals surface area contributed by atoms with Gasteiger partial charge in [-0.05, 0) is 12.8 Å². The maximum atomic E-state index is 12.2. The molecule has 10 N–H and O–H groups in total. The fourth-order valence-corrected chi connectivity index (χ4v) is 1.73. The first-order valence-corrected chi connectivity index (χ1v) is 7.35. The maximum Gasteiger partial charge on any atom is 0.326 e. The molecule has 0 aromatic carbocycles. The first-order valence-electron chi connectivity index (χ1n) is 7.35. The highest BCUT2D eigenvalue weighted by atomic mass is 16.4. The Morgan fingerprint density at radius 2 is 1.28 bits per heavy atom. The van der Waals surface area contributed by atoms with E-state index in [4.69, 9.17) is 27.4 Å². The van der Waals surface area contributed by atoms with E-state index in [2.05, 4.69) is 10.6 Å². The van der Waals surface area contributed by atoms with E-state index in [9.17, 15) is 24.0 Å². The molecule has 0 heterocycles. The number of carbonyl (C=O) groups is 5. The predicted molar refractivity (Wildman–Crippen MR) is 83.4 cm³/mol. The summed E-state index contributed by atoms with van der Waals surface area (Å²) in [4.78, 5) is 56.7. The topological polar surface area (TPSA) is 228 Å². The van der Waals surface area contributed by atoms with Crippen molar-refractivity contribution < 1.29 is 34.2 Å². The van der Waals surface area contributed by atoms with E-state index in [-0.39, 0.29) is 25.7 Å².